The van der Waals surface area contributed by atoms with E-state index in [0.717, 1.165) is 5.56 Å². The van der Waals surface area contributed by atoms with E-state index in [9.17, 15) is 9.59 Å². The number of pyridine rings is 1. The number of aromatic nitrogens is 1. The second-order valence-corrected chi connectivity index (χ2v) is 4.54. The molecule has 6 heteroatoms. The number of nitrogens with two attached hydrogens (primary N) is 1. The number of nitrogen functional groups attached to an aromatic ring is 1. The van der Waals surface area contributed by atoms with Gasteiger partial charge in [0.05, 0.1) is 24.2 Å². The molecule has 2 rings (SSSR count). The van der Waals surface area contributed by atoms with Crippen LogP contribution in [0.1, 0.15) is 21.6 Å². The first-order valence-electron chi connectivity index (χ1n) is 6.34. The van der Waals surface area contributed by atoms with Crippen molar-refractivity contribution < 1.29 is 14.7 Å². The largest absolute Gasteiger partial charge is 0.478 e. The van der Waals surface area contributed by atoms with Crippen molar-refractivity contribution in [3.63, 3.8) is 0 Å². The third-order valence-corrected chi connectivity index (χ3v) is 2.87. The summed E-state index contributed by atoms with van der Waals surface area (Å²) in [4.78, 5) is 26.7. The van der Waals surface area contributed by atoms with Crippen molar-refractivity contribution in [1.82, 2.24) is 10.3 Å². The maximum absolute atomic E-state index is 11.8. The second-order valence-electron chi connectivity index (χ2n) is 4.54. The molecule has 0 bridgehead atoms. The van der Waals surface area contributed by atoms with Crippen LogP contribution in [-0.4, -0.2) is 22.0 Å². The Morgan fingerprint density at radius 1 is 1.19 bits per heavy atom. The van der Waals surface area contributed by atoms with Gasteiger partial charge in [-0.1, -0.05) is 12.1 Å². The number of hydrogen-bond acceptors (Lipinski definition) is 4. The van der Waals surface area contributed by atoms with Crippen molar-refractivity contribution in [2.75, 3.05) is 5.73 Å². The van der Waals surface area contributed by atoms with Gasteiger partial charge in [-0.25, -0.2) is 4.79 Å². The summed E-state index contributed by atoms with van der Waals surface area (Å²) in [7, 11) is 0. The Kier molecular flexibility index (Phi) is 4.50. The lowest BCUT2D eigenvalue weighted by atomic mass is 10.1. The number of nitrogens with one attached hydrogen (secondary N) is 1. The first-order valence-corrected chi connectivity index (χ1v) is 6.34. The van der Waals surface area contributed by atoms with Crippen LogP contribution in [0.3, 0.4) is 0 Å². The lowest BCUT2D eigenvalue weighted by Crippen LogP contribution is -2.25. The minimum absolute atomic E-state index is 0.146. The molecular weight excluding hydrogens is 270 g/mol. The highest BCUT2D eigenvalue weighted by Gasteiger charge is 2.06. The molecule has 0 atom stereocenters. The quantitative estimate of drug-likeness (QED) is 0.716. The molecule has 21 heavy (non-hydrogen) atoms. The summed E-state index contributed by atoms with van der Waals surface area (Å²) in [5, 5.41) is 11.6. The summed E-state index contributed by atoms with van der Waals surface area (Å²) in [6.07, 6.45) is 1.64. The van der Waals surface area contributed by atoms with Crippen LogP contribution in [-0.2, 0) is 17.8 Å². The molecule has 1 aromatic heterocycles. The van der Waals surface area contributed by atoms with Gasteiger partial charge in [-0.05, 0) is 29.8 Å². The Morgan fingerprint density at radius 3 is 2.57 bits per heavy atom. The monoisotopic (exact) mass is 285 g/mol. The van der Waals surface area contributed by atoms with Crippen molar-refractivity contribution in [2.45, 2.75) is 13.0 Å². The zero-order valence-electron chi connectivity index (χ0n) is 11.2. The zero-order valence-corrected chi connectivity index (χ0v) is 11.2. The first-order chi connectivity index (χ1) is 10.0. The van der Waals surface area contributed by atoms with Crippen molar-refractivity contribution in [1.29, 1.82) is 0 Å². The second kappa shape index (κ2) is 6.51. The van der Waals surface area contributed by atoms with Crippen LogP contribution in [0.15, 0.2) is 42.6 Å². The van der Waals surface area contributed by atoms with Crippen molar-refractivity contribution in [3.05, 3.63) is 59.4 Å². The number of hydrogen-bond donors (Lipinski definition) is 3. The zero-order chi connectivity index (χ0) is 15.2. The molecule has 0 aliphatic heterocycles. The molecule has 0 saturated heterocycles. The van der Waals surface area contributed by atoms with E-state index in [0.29, 0.717) is 11.4 Å². The maximum Gasteiger partial charge on any atom is 0.335 e. The van der Waals surface area contributed by atoms with Gasteiger partial charge in [0.2, 0.25) is 5.91 Å². The summed E-state index contributed by atoms with van der Waals surface area (Å²) in [5.41, 5.74) is 7.72. The van der Waals surface area contributed by atoms with E-state index >= 15 is 0 Å². The SMILES string of the molecule is Nc1ccc(CC(=O)NCc2cc(C(=O)O)ccn2)cc1. The average molecular weight is 285 g/mol. The number of anilines is 1. The third kappa shape index (κ3) is 4.31. The molecule has 6 nitrogen and oxygen atoms in total. The number of carboxylic acids is 1. The van der Waals surface area contributed by atoms with E-state index in [1.54, 1.807) is 24.3 Å². The summed E-state index contributed by atoms with van der Waals surface area (Å²) >= 11 is 0. The maximum atomic E-state index is 11.8. The molecule has 0 saturated carbocycles. The van der Waals surface area contributed by atoms with Gasteiger partial charge in [-0.3, -0.25) is 9.78 Å². The molecule has 0 fully saturated rings. The highest BCUT2D eigenvalue weighted by atomic mass is 16.4. The topological polar surface area (TPSA) is 105 Å². The van der Waals surface area contributed by atoms with E-state index in [-0.39, 0.29) is 24.4 Å². The van der Waals surface area contributed by atoms with Crippen LogP contribution in [0.25, 0.3) is 0 Å². The van der Waals surface area contributed by atoms with Crippen molar-refractivity contribution in [2.24, 2.45) is 0 Å². The molecule has 2 aromatic rings. The predicted molar refractivity (Wildman–Crippen MR) is 77.6 cm³/mol. The molecule has 4 N–H and O–H groups in total. The van der Waals surface area contributed by atoms with E-state index in [4.69, 9.17) is 10.8 Å². The number of carboxylic acid groups (broad SMARTS) is 1. The summed E-state index contributed by atoms with van der Waals surface area (Å²) in [6.45, 7) is 0.189. The Balaban J connectivity index is 1.90. The fourth-order valence-corrected chi connectivity index (χ4v) is 1.78. The minimum Gasteiger partial charge on any atom is -0.478 e. The van der Waals surface area contributed by atoms with Crippen LogP contribution >= 0.6 is 0 Å². The van der Waals surface area contributed by atoms with Crippen LogP contribution < -0.4 is 11.1 Å². The summed E-state index contributed by atoms with van der Waals surface area (Å²) in [5.74, 6) is -1.19. The van der Waals surface area contributed by atoms with Gasteiger partial charge < -0.3 is 16.2 Å². The van der Waals surface area contributed by atoms with Crippen molar-refractivity contribution in [3.8, 4) is 0 Å². The standard InChI is InChI=1S/C15H15N3O3/c16-12-3-1-10(2-4-12)7-14(19)18-9-13-8-11(15(20)21)5-6-17-13/h1-6,8H,7,9,16H2,(H,18,19)(H,20,21). The van der Waals surface area contributed by atoms with E-state index < -0.39 is 5.97 Å². The fourth-order valence-electron chi connectivity index (χ4n) is 1.78. The molecule has 0 unspecified atom stereocenters. The van der Waals surface area contributed by atoms with Gasteiger partial charge in [-0.15, -0.1) is 0 Å². The summed E-state index contributed by atoms with van der Waals surface area (Å²) < 4.78 is 0. The molecule has 1 amide bonds. The normalized spacial score (nSPS) is 10.1. The van der Waals surface area contributed by atoms with Gasteiger partial charge in [0.1, 0.15) is 0 Å². The third-order valence-electron chi connectivity index (χ3n) is 2.87. The molecule has 0 spiro atoms. The van der Waals surface area contributed by atoms with Crippen LogP contribution in [0.4, 0.5) is 5.69 Å². The Labute approximate surface area is 121 Å². The fraction of sp³-hybridized carbons (Fsp3) is 0.133. The highest BCUT2D eigenvalue weighted by molar-refractivity contribution is 5.87. The Morgan fingerprint density at radius 2 is 1.90 bits per heavy atom. The molecular formula is C15H15N3O3. The lowest BCUT2D eigenvalue weighted by molar-refractivity contribution is -0.120. The van der Waals surface area contributed by atoms with E-state index in [1.807, 2.05) is 0 Å². The van der Waals surface area contributed by atoms with Crippen molar-refractivity contribution >= 4 is 17.6 Å². The Hall–Kier alpha value is -2.89. The van der Waals surface area contributed by atoms with Gasteiger partial charge in [0.25, 0.3) is 0 Å². The number of amides is 1. The molecule has 0 radical (unpaired) electrons. The molecule has 1 aromatic carbocycles. The van der Waals surface area contributed by atoms with Crippen LogP contribution in [0, 0.1) is 0 Å². The number of aromatic carboxylic acids is 1. The number of carbonyl (C=O) groups excluding carboxylic acids is 1. The van der Waals surface area contributed by atoms with Crippen LogP contribution in [0.2, 0.25) is 0 Å². The highest BCUT2D eigenvalue weighted by Crippen LogP contribution is 2.06. The first kappa shape index (κ1) is 14.5. The lowest BCUT2D eigenvalue weighted by Gasteiger charge is -2.06. The minimum atomic E-state index is -1.02. The molecule has 0 aliphatic carbocycles. The smallest absolute Gasteiger partial charge is 0.335 e. The number of rotatable bonds is 5. The summed E-state index contributed by atoms with van der Waals surface area (Å²) in [6, 6.07) is 9.89. The molecule has 1 heterocycles. The van der Waals surface area contributed by atoms with Gasteiger partial charge >= 0.3 is 5.97 Å². The van der Waals surface area contributed by atoms with Crippen LogP contribution in [0.5, 0.6) is 0 Å². The molecule has 108 valence electrons. The molecule has 0 aliphatic rings. The van der Waals surface area contributed by atoms with Gasteiger partial charge in [-0.2, -0.15) is 0 Å². The Bertz CT molecular complexity index is 653. The van der Waals surface area contributed by atoms with Gasteiger partial charge in [0, 0.05) is 11.9 Å². The van der Waals surface area contributed by atoms with E-state index in [2.05, 4.69) is 10.3 Å². The number of benzene rings is 1. The number of carbonyl (C=O) groups is 2. The average Bonchev–Trinajstić information content (AvgIpc) is 2.48. The van der Waals surface area contributed by atoms with Gasteiger partial charge in [0.15, 0.2) is 0 Å². The van der Waals surface area contributed by atoms with E-state index in [1.165, 1.54) is 18.3 Å². The number of nitrogens with zero attached hydrogens (tertiary/aromatic N) is 1. The predicted octanol–water partition coefficient (Wildman–Crippen LogP) is 1.22.